The van der Waals surface area contributed by atoms with Crippen LogP contribution in [0.4, 0.5) is 0 Å². The monoisotopic (exact) mass is 317 g/mol. The number of hydrogen-bond acceptors (Lipinski definition) is 1. The molecule has 0 radical (unpaired) electrons. The quantitative estimate of drug-likeness (QED) is 0.592. The summed E-state index contributed by atoms with van der Waals surface area (Å²) in [5.74, 6) is 0. The van der Waals surface area contributed by atoms with E-state index in [1.807, 2.05) is 42.6 Å². The fourth-order valence-electron chi connectivity index (χ4n) is 1.95. The van der Waals surface area contributed by atoms with E-state index in [1.165, 1.54) is 0 Å². The lowest BCUT2D eigenvalue weighted by Gasteiger charge is -2.05. The maximum Gasteiger partial charge on any atom is 0.0703 e. The van der Waals surface area contributed by atoms with Gasteiger partial charge in [-0.05, 0) is 30.3 Å². The molecule has 0 aliphatic rings. The molecule has 0 unspecified atom stereocenters. The second-order valence-electron chi connectivity index (χ2n) is 4.04. The maximum absolute atomic E-state index is 6.20. The molecule has 0 aliphatic heterocycles. The first-order valence-electron chi connectivity index (χ1n) is 5.54. The maximum atomic E-state index is 6.20. The van der Waals surface area contributed by atoms with Gasteiger partial charge in [0.1, 0.15) is 0 Å². The van der Waals surface area contributed by atoms with Crippen LogP contribution in [0.5, 0.6) is 0 Å². The molecule has 1 aromatic heterocycles. The van der Waals surface area contributed by atoms with Crippen molar-refractivity contribution < 1.29 is 0 Å². The van der Waals surface area contributed by atoms with Crippen molar-refractivity contribution in [3.8, 4) is 11.1 Å². The van der Waals surface area contributed by atoms with Crippen LogP contribution in [0.1, 0.15) is 0 Å². The average Bonchev–Trinajstić information content (AvgIpc) is 2.38. The molecule has 3 aromatic rings. The number of hydrogen-bond donors (Lipinski definition) is 0. The summed E-state index contributed by atoms with van der Waals surface area (Å²) in [5, 5.41) is 1.84. The van der Waals surface area contributed by atoms with Gasteiger partial charge < -0.3 is 0 Å². The fraction of sp³-hybridized carbons (Fsp3) is 0. The van der Waals surface area contributed by atoms with E-state index in [0.717, 1.165) is 31.5 Å². The summed E-state index contributed by atoms with van der Waals surface area (Å²) in [6.45, 7) is 0. The third-order valence-electron chi connectivity index (χ3n) is 2.83. The summed E-state index contributed by atoms with van der Waals surface area (Å²) >= 11 is 9.68. The highest BCUT2D eigenvalue weighted by Gasteiger charge is 2.04. The van der Waals surface area contributed by atoms with Crippen molar-refractivity contribution in [2.24, 2.45) is 0 Å². The standard InChI is InChI=1S/C15H9BrClN/c16-12-5-6-15-10(8-12)7-11(9-18-15)13-3-1-2-4-14(13)17/h1-9H. The van der Waals surface area contributed by atoms with Crippen molar-refractivity contribution >= 4 is 38.4 Å². The van der Waals surface area contributed by atoms with E-state index in [2.05, 4.69) is 33.0 Å². The Balaban J connectivity index is 2.22. The first-order chi connectivity index (χ1) is 8.74. The van der Waals surface area contributed by atoms with Crippen molar-refractivity contribution in [3.63, 3.8) is 0 Å². The molecule has 0 aliphatic carbocycles. The predicted octanol–water partition coefficient (Wildman–Crippen LogP) is 5.32. The van der Waals surface area contributed by atoms with E-state index in [9.17, 15) is 0 Å². The Morgan fingerprint density at radius 1 is 1.00 bits per heavy atom. The molecule has 2 aromatic carbocycles. The lowest BCUT2D eigenvalue weighted by molar-refractivity contribution is 1.40. The molecule has 0 bridgehead atoms. The van der Waals surface area contributed by atoms with Gasteiger partial charge in [-0.3, -0.25) is 4.98 Å². The zero-order valence-electron chi connectivity index (χ0n) is 9.40. The van der Waals surface area contributed by atoms with Crippen molar-refractivity contribution in [1.29, 1.82) is 0 Å². The Labute approximate surface area is 119 Å². The molecule has 0 N–H and O–H groups in total. The summed E-state index contributed by atoms with van der Waals surface area (Å²) in [5.41, 5.74) is 3.02. The second kappa shape index (κ2) is 4.71. The van der Waals surface area contributed by atoms with E-state index >= 15 is 0 Å². The molecular weight excluding hydrogens is 310 g/mol. The highest BCUT2D eigenvalue weighted by molar-refractivity contribution is 9.10. The number of pyridine rings is 1. The van der Waals surface area contributed by atoms with Gasteiger partial charge in [0.15, 0.2) is 0 Å². The number of aromatic nitrogens is 1. The van der Waals surface area contributed by atoms with Gasteiger partial charge in [-0.15, -0.1) is 0 Å². The summed E-state index contributed by atoms with van der Waals surface area (Å²) in [6, 6.07) is 16.0. The van der Waals surface area contributed by atoms with Crippen molar-refractivity contribution in [2.45, 2.75) is 0 Å². The molecule has 3 heteroatoms. The zero-order chi connectivity index (χ0) is 12.5. The number of nitrogens with zero attached hydrogens (tertiary/aromatic N) is 1. The minimum absolute atomic E-state index is 0.744. The molecular formula is C15H9BrClN. The van der Waals surface area contributed by atoms with Crippen molar-refractivity contribution in [3.05, 3.63) is 64.2 Å². The summed E-state index contributed by atoms with van der Waals surface area (Å²) < 4.78 is 1.05. The van der Waals surface area contributed by atoms with Crippen LogP contribution < -0.4 is 0 Å². The van der Waals surface area contributed by atoms with E-state index in [0.29, 0.717) is 0 Å². The number of benzene rings is 2. The molecule has 3 rings (SSSR count). The average molecular weight is 319 g/mol. The van der Waals surface area contributed by atoms with Crippen LogP contribution >= 0.6 is 27.5 Å². The largest absolute Gasteiger partial charge is 0.256 e. The van der Waals surface area contributed by atoms with Crippen molar-refractivity contribution in [2.75, 3.05) is 0 Å². The van der Waals surface area contributed by atoms with E-state index in [1.54, 1.807) is 0 Å². The van der Waals surface area contributed by atoms with E-state index in [4.69, 9.17) is 11.6 Å². The van der Waals surface area contributed by atoms with Gasteiger partial charge >= 0.3 is 0 Å². The van der Waals surface area contributed by atoms with E-state index < -0.39 is 0 Å². The minimum Gasteiger partial charge on any atom is -0.256 e. The molecule has 1 heterocycles. The normalized spacial score (nSPS) is 10.8. The molecule has 0 spiro atoms. The third-order valence-corrected chi connectivity index (χ3v) is 3.65. The van der Waals surface area contributed by atoms with Crippen LogP contribution in [-0.2, 0) is 0 Å². The number of fused-ring (bicyclic) bond motifs is 1. The molecule has 0 amide bonds. The Hall–Kier alpha value is -1.38. The van der Waals surface area contributed by atoms with E-state index in [-0.39, 0.29) is 0 Å². The van der Waals surface area contributed by atoms with Gasteiger partial charge in [0, 0.05) is 32.2 Å². The third kappa shape index (κ3) is 2.14. The van der Waals surface area contributed by atoms with Gasteiger partial charge in [-0.1, -0.05) is 45.7 Å². The molecule has 0 atom stereocenters. The lowest BCUT2D eigenvalue weighted by Crippen LogP contribution is -1.84. The second-order valence-corrected chi connectivity index (χ2v) is 5.36. The van der Waals surface area contributed by atoms with Gasteiger partial charge in [-0.25, -0.2) is 0 Å². The molecule has 0 saturated carbocycles. The summed E-state index contributed by atoms with van der Waals surface area (Å²) in [7, 11) is 0. The Morgan fingerprint density at radius 2 is 1.83 bits per heavy atom. The number of halogens is 2. The predicted molar refractivity (Wildman–Crippen MR) is 79.9 cm³/mol. The van der Waals surface area contributed by atoms with Gasteiger partial charge in [0.05, 0.1) is 5.52 Å². The van der Waals surface area contributed by atoms with Crippen LogP contribution in [-0.4, -0.2) is 4.98 Å². The smallest absolute Gasteiger partial charge is 0.0703 e. The molecule has 88 valence electrons. The molecule has 1 nitrogen and oxygen atoms in total. The van der Waals surface area contributed by atoms with Crippen LogP contribution in [0.25, 0.3) is 22.0 Å². The van der Waals surface area contributed by atoms with Crippen LogP contribution in [0.3, 0.4) is 0 Å². The highest BCUT2D eigenvalue weighted by Crippen LogP contribution is 2.29. The number of rotatable bonds is 1. The molecule has 0 saturated heterocycles. The van der Waals surface area contributed by atoms with Gasteiger partial charge in [-0.2, -0.15) is 0 Å². The lowest BCUT2D eigenvalue weighted by atomic mass is 10.1. The topological polar surface area (TPSA) is 12.9 Å². The zero-order valence-corrected chi connectivity index (χ0v) is 11.7. The SMILES string of the molecule is Clc1ccccc1-c1cnc2ccc(Br)cc2c1. The first kappa shape index (κ1) is 11.7. The van der Waals surface area contributed by atoms with Gasteiger partial charge in [0.2, 0.25) is 0 Å². The Bertz CT molecular complexity index is 725. The van der Waals surface area contributed by atoms with Gasteiger partial charge in [0.25, 0.3) is 0 Å². The fourth-order valence-corrected chi connectivity index (χ4v) is 2.57. The highest BCUT2D eigenvalue weighted by atomic mass is 79.9. The van der Waals surface area contributed by atoms with Crippen LogP contribution in [0, 0.1) is 0 Å². The van der Waals surface area contributed by atoms with Crippen molar-refractivity contribution in [1.82, 2.24) is 4.98 Å². The summed E-state index contributed by atoms with van der Waals surface area (Å²) in [6.07, 6.45) is 1.86. The summed E-state index contributed by atoms with van der Waals surface area (Å²) in [4.78, 5) is 4.46. The Kier molecular flexibility index (Phi) is 3.06. The molecule has 18 heavy (non-hydrogen) atoms. The molecule has 0 fully saturated rings. The minimum atomic E-state index is 0.744. The van der Waals surface area contributed by atoms with Crippen LogP contribution in [0.15, 0.2) is 59.2 Å². The van der Waals surface area contributed by atoms with Crippen LogP contribution in [0.2, 0.25) is 5.02 Å². The Morgan fingerprint density at radius 3 is 2.67 bits per heavy atom. The first-order valence-corrected chi connectivity index (χ1v) is 6.71.